The Balaban J connectivity index is 2.20. The Bertz CT molecular complexity index is 170. The van der Waals surface area contributed by atoms with Crippen LogP contribution in [-0.2, 0) is 0 Å². The fraction of sp³-hybridized carbons (Fsp3) is 0.833. The molecular weight excluding hydrogens is 180 g/mol. The first-order chi connectivity index (χ1) is 6.18. The summed E-state index contributed by atoms with van der Waals surface area (Å²) in [5.41, 5.74) is 1.60. The SMILES string of the molecule is CC(C)CCCC1=CC(Cl)CCC1. The van der Waals surface area contributed by atoms with Crippen molar-refractivity contribution in [1.29, 1.82) is 0 Å². The van der Waals surface area contributed by atoms with Crippen molar-refractivity contribution in [1.82, 2.24) is 0 Å². The van der Waals surface area contributed by atoms with Crippen LogP contribution in [0.1, 0.15) is 52.4 Å². The normalized spacial score (nSPS) is 23.4. The number of halogens is 1. The zero-order valence-corrected chi connectivity index (χ0v) is 9.61. The lowest BCUT2D eigenvalue weighted by molar-refractivity contribution is 0.544. The molecular formula is C12H21Cl. The molecule has 0 bridgehead atoms. The molecule has 1 aliphatic rings. The standard InChI is InChI=1S/C12H21Cl/c1-10(2)5-3-6-11-7-4-8-12(13)9-11/h9-10,12H,3-8H2,1-2H3. The summed E-state index contributed by atoms with van der Waals surface area (Å²) in [6, 6.07) is 0. The summed E-state index contributed by atoms with van der Waals surface area (Å²) in [6.07, 6.45) is 10.0. The van der Waals surface area contributed by atoms with E-state index in [1.807, 2.05) is 0 Å². The molecule has 1 rings (SSSR count). The second-order valence-corrected chi connectivity index (χ2v) is 5.08. The van der Waals surface area contributed by atoms with Crippen LogP contribution in [0.3, 0.4) is 0 Å². The van der Waals surface area contributed by atoms with Gasteiger partial charge in [-0.1, -0.05) is 31.9 Å². The maximum absolute atomic E-state index is 6.08. The van der Waals surface area contributed by atoms with E-state index in [1.165, 1.54) is 38.5 Å². The summed E-state index contributed by atoms with van der Waals surface area (Å²) in [4.78, 5) is 0. The zero-order valence-electron chi connectivity index (χ0n) is 8.85. The second kappa shape index (κ2) is 5.70. The van der Waals surface area contributed by atoms with E-state index in [-0.39, 0.29) is 0 Å². The maximum Gasteiger partial charge on any atom is 0.0518 e. The molecule has 0 aromatic carbocycles. The van der Waals surface area contributed by atoms with Gasteiger partial charge in [0.2, 0.25) is 0 Å². The van der Waals surface area contributed by atoms with Crippen LogP contribution in [-0.4, -0.2) is 5.38 Å². The Morgan fingerprint density at radius 1 is 1.54 bits per heavy atom. The van der Waals surface area contributed by atoms with Crippen LogP contribution in [0.4, 0.5) is 0 Å². The van der Waals surface area contributed by atoms with E-state index in [0.29, 0.717) is 5.38 Å². The van der Waals surface area contributed by atoms with Gasteiger partial charge in [0.05, 0.1) is 5.38 Å². The molecule has 0 saturated heterocycles. The van der Waals surface area contributed by atoms with E-state index in [4.69, 9.17) is 11.6 Å². The number of hydrogen-bond acceptors (Lipinski definition) is 0. The highest BCUT2D eigenvalue weighted by Gasteiger charge is 2.10. The predicted molar refractivity (Wildman–Crippen MR) is 60.3 cm³/mol. The van der Waals surface area contributed by atoms with Gasteiger partial charge in [-0.2, -0.15) is 0 Å². The molecule has 1 unspecified atom stereocenters. The van der Waals surface area contributed by atoms with Crippen molar-refractivity contribution in [3.8, 4) is 0 Å². The van der Waals surface area contributed by atoms with Gasteiger partial charge in [-0.3, -0.25) is 0 Å². The molecule has 1 atom stereocenters. The lowest BCUT2D eigenvalue weighted by atomic mass is 9.94. The first kappa shape index (κ1) is 11.1. The van der Waals surface area contributed by atoms with Crippen LogP contribution in [0.25, 0.3) is 0 Å². The minimum atomic E-state index is 0.322. The lowest BCUT2D eigenvalue weighted by Gasteiger charge is -2.16. The quantitative estimate of drug-likeness (QED) is 0.462. The molecule has 0 saturated carbocycles. The van der Waals surface area contributed by atoms with Gasteiger partial charge >= 0.3 is 0 Å². The van der Waals surface area contributed by atoms with Crippen molar-refractivity contribution in [3.05, 3.63) is 11.6 Å². The van der Waals surface area contributed by atoms with Gasteiger partial charge in [0, 0.05) is 0 Å². The van der Waals surface area contributed by atoms with Gasteiger partial charge in [0.1, 0.15) is 0 Å². The van der Waals surface area contributed by atoms with Gasteiger partial charge in [-0.05, 0) is 38.0 Å². The summed E-state index contributed by atoms with van der Waals surface area (Å²) in [5, 5.41) is 0.322. The summed E-state index contributed by atoms with van der Waals surface area (Å²) in [6.45, 7) is 4.58. The fourth-order valence-electron chi connectivity index (χ4n) is 1.89. The third kappa shape index (κ3) is 4.71. The van der Waals surface area contributed by atoms with Crippen LogP contribution < -0.4 is 0 Å². The van der Waals surface area contributed by atoms with Crippen LogP contribution in [0, 0.1) is 5.92 Å². The monoisotopic (exact) mass is 200 g/mol. The highest BCUT2D eigenvalue weighted by Crippen LogP contribution is 2.25. The van der Waals surface area contributed by atoms with E-state index >= 15 is 0 Å². The lowest BCUT2D eigenvalue weighted by Crippen LogP contribution is -2.03. The van der Waals surface area contributed by atoms with Crippen molar-refractivity contribution in [3.63, 3.8) is 0 Å². The van der Waals surface area contributed by atoms with Gasteiger partial charge < -0.3 is 0 Å². The van der Waals surface area contributed by atoms with Gasteiger partial charge in [-0.15, -0.1) is 11.6 Å². The predicted octanol–water partition coefficient (Wildman–Crippen LogP) is 4.53. The number of hydrogen-bond donors (Lipinski definition) is 0. The largest absolute Gasteiger partial charge is 0.118 e. The average molecular weight is 201 g/mol. The molecule has 0 radical (unpaired) electrons. The Hall–Kier alpha value is 0.0300. The number of allylic oxidation sites excluding steroid dienone is 2. The Labute approximate surface area is 87.4 Å². The van der Waals surface area contributed by atoms with Gasteiger partial charge in [-0.25, -0.2) is 0 Å². The van der Waals surface area contributed by atoms with Crippen molar-refractivity contribution in [2.24, 2.45) is 5.92 Å². The molecule has 0 amide bonds. The molecule has 0 aromatic heterocycles. The first-order valence-electron chi connectivity index (χ1n) is 5.52. The molecule has 13 heavy (non-hydrogen) atoms. The minimum absolute atomic E-state index is 0.322. The summed E-state index contributed by atoms with van der Waals surface area (Å²) in [5.74, 6) is 0.844. The van der Waals surface area contributed by atoms with E-state index in [0.717, 1.165) is 5.92 Å². The maximum atomic E-state index is 6.08. The number of rotatable bonds is 4. The highest BCUT2D eigenvalue weighted by atomic mass is 35.5. The summed E-state index contributed by atoms with van der Waals surface area (Å²) >= 11 is 6.08. The van der Waals surface area contributed by atoms with Crippen molar-refractivity contribution >= 4 is 11.6 Å². The van der Waals surface area contributed by atoms with Crippen molar-refractivity contribution in [2.45, 2.75) is 57.7 Å². The Kier molecular flexibility index (Phi) is 4.87. The summed E-state index contributed by atoms with van der Waals surface area (Å²) in [7, 11) is 0. The van der Waals surface area contributed by atoms with Crippen LogP contribution in [0.5, 0.6) is 0 Å². The van der Waals surface area contributed by atoms with Gasteiger partial charge in [0.25, 0.3) is 0 Å². The van der Waals surface area contributed by atoms with E-state index < -0.39 is 0 Å². The Morgan fingerprint density at radius 2 is 2.31 bits per heavy atom. The van der Waals surface area contributed by atoms with Crippen LogP contribution >= 0.6 is 11.6 Å². The molecule has 1 heteroatoms. The van der Waals surface area contributed by atoms with E-state index in [9.17, 15) is 0 Å². The molecule has 0 fully saturated rings. The van der Waals surface area contributed by atoms with E-state index in [2.05, 4.69) is 19.9 Å². The molecule has 0 aliphatic heterocycles. The van der Waals surface area contributed by atoms with Crippen LogP contribution in [0.15, 0.2) is 11.6 Å². The third-order valence-corrected chi connectivity index (χ3v) is 3.02. The molecule has 0 heterocycles. The second-order valence-electron chi connectivity index (χ2n) is 4.52. The molecule has 0 nitrogen and oxygen atoms in total. The summed E-state index contributed by atoms with van der Waals surface area (Å²) < 4.78 is 0. The number of alkyl halides is 1. The molecule has 0 aromatic rings. The first-order valence-corrected chi connectivity index (χ1v) is 5.95. The molecule has 0 N–H and O–H groups in total. The smallest absolute Gasteiger partial charge is 0.0518 e. The topological polar surface area (TPSA) is 0 Å². The van der Waals surface area contributed by atoms with Crippen molar-refractivity contribution in [2.75, 3.05) is 0 Å². The molecule has 0 spiro atoms. The van der Waals surface area contributed by atoms with Crippen LogP contribution in [0.2, 0.25) is 0 Å². The van der Waals surface area contributed by atoms with Gasteiger partial charge in [0.15, 0.2) is 0 Å². The third-order valence-electron chi connectivity index (χ3n) is 2.67. The molecule has 76 valence electrons. The van der Waals surface area contributed by atoms with E-state index in [1.54, 1.807) is 5.57 Å². The highest BCUT2D eigenvalue weighted by molar-refractivity contribution is 6.21. The minimum Gasteiger partial charge on any atom is -0.118 e. The van der Waals surface area contributed by atoms with Crippen molar-refractivity contribution < 1.29 is 0 Å². The Morgan fingerprint density at radius 3 is 2.92 bits per heavy atom. The molecule has 1 aliphatic carbocycles. The fourth-order valence-corrected chi connectivity index (χ4v) is 2.22. The average Bonchev–Trinajstić information content (AvgIpc) is 2.03. The zero-order chi connectivity index (χ0) is 9.68.